The summed E-state index contributed by atoms with van der Waals surface area (Å²) in [5.41, 5.74) is -0.414. The SMILES string of the molecule is CC(C)(C#N)N1CCN(C(=O)C2CCCC2)CC1. The van der Waals surface area contributed by atoms with E-state index in [9.17, 15) is 4.79 Å². The van der Waals surface area contributed by atoms with Crippen LogP contribution in [0.2, 0.25) is 0 Å². The molecule has 1 heterocycles. The van der Waals surface area contributed by atoms with Gasteiger partial charge in [-0.05, 0) is 26.7 Å². The summed E-state index contributed by atoms with van der Waals surface area (Å²) < 4.78 is 0. The van der Waals surface area contributed by atoms with Gasteiger partial charge < -0.3 is 4.90 Å². The first-order valence-corrected chi connectivity index (χ1v) is 7.00. The van der Waals surface area contributed by atoms with Crippen LogP contribution < -0.4 is 0 Å². The van der Waals surface area contributed by atoms with Crippen LogP contribution >= 0.6 is 0 Å². The molecular weight excluding hydrogens is 226 g/mol. The number of hydrogen-bond donors (Lipinski definition) is 0. The van der Waals surface area contributed by atoms with Crippen molar-refractivity contribution in [3.8, 4) is 6.07 Å². The predicted molar refractivity (Wildman–Crippen MR) is 69.8 cm³/mol. The van der Waals surface area contributed by atoms with Gasteiger partial charge in [-0.25, -0.2) is 0 Å². The average Bonchev–Trinajstić information content (AvgIpc) is 2.92. The van der Waals surface area contributed by atoms with Crippen molar-refractivity contribution in [1.82, 2.24) is 9.80 Å². The molecule has 1 saturated heterocycles. The van der Waals surface area contributed by atoms with Crippen molar-refractivity contribution in [3.63, 3.8) is 0 Å². The molecule has 0 unspecified atom stereocenters. The summed E-state index contributed by atoms with van der Waals surface area (Å²) in [5.74, 6) is 0.627. The average molecular weight is 249 g/mol. The third-order valence-corrected chi connectivity index (χ3v) is 4.36. The van der Waals surface area contributed by atoms with Crippen LogP contribution in [0.3, 0.4) is 0 Å². The summed E-state index contributed by atoms with van der Waals surface area (Å²) in [5, 5.41) is 9.12. The fraction of sp³-hybridized carbons (Fsp3) is 0.857. The van der Waals surface area contributed by atoms with Crippen LogP contribution in [0.1, 0.15) is 39.5 Å². The molecule has 1 saturated carbocycles. The summed E-state index contributed by atoms with van der Waals surface area (Å²) in [6, 6.07) is 2.33. The fourth-order valence-electron chi connectivity index (χ4n) is 2.99. The normalized spacial score (nSPS) is 23.1. The number of nitriles is 1. The highest BCUT2D eigenvalue weighted by Crippen LogP contribution is 2.27. The van der Waals surface area contributed by atoms with Crippen molar-refractivity contribution in [1.29, 1.82) is 5.26 Å². The van der Waals surface area contributed by atoms with Gasteiger partial charge in [-0.1, -0.05) is 12.8 Å². The minimum absolute atomic E-state index is 0.278. The Kier molecular flexibility index (Phi) is 3.91. The number of carbonyl (C=O) groups is 1. The molecule has 1 aliphatic heterocycles. The molecule has 0 N–H and O–H groups in total. The van der Waals surface area contributed by atoms with E-state index in [1.807, 2.05) is 18.7 Å². The van der Waals surface area contributed by atoms with Crippen molar-refractivity contribution in [2.75, 3.05) is 26.2 Å². The first kappa shape index (κ1) is 13.4. The maximum atomic E-state index is 12.3. The monoisotopic (exact) mass is 249 g/mol. The minimum atomic E-state index is -0.414. The van der Waals surface area contributed by atoms with Gasteiger partial charge in [0, 0.05) is 32.1 Å². The van der Waals surface area contributed by atoms with Crippen LogP contribution in [0, 0.1) is 17.2 Å². The van der Waals surface area contributed by atoms with E-state index in [0.29, 0.717) is 5.91 Å². The van der Waals surface area contributed by atoms with Gasteiger partial charge in [-0.3, -0.25) is 9.69 Å². The highest BCUT2D eigenvalue weighted by Gasteiger charge is 2.33. The van der Waals surface area contributed by atoms with Gasteiger partial charge in [0.2, 0.25) is 5.91 Å². The molecule has 0 aromatic carbocycles. The molecule has 100 valence electrons. The van der Waals surface area contributed by atoms with E-state index in [0.717, 1.165) is 39.0 Å². The Hall–Kier alpha value is -1.08. The lowest BCUT2D eigenvalue weighted by Crippen LogP contribution is -2.56. The first-order valence-electron chi connectivity index (χ1n) is 7.00. The smallest absolute Gasteiger partial charge is 0.225 e. The molecule has 18 heavy (non-hydrogen) atoms. The molecule has 2 rings (SSSR count). The van der Waals surface area contributed by atoms with Gasteiger partial charge in [-0.15, -0.1) is 0 Å². The van der Waals surface area contributed by atoms with Crippen molar-refractivity contribution in [3.05, 3.63) is 0 Å². The van der Waals surface area contributed by atoms with Crippen molar-refractivity contribution in [2.24, 2.45) is 5.92 Å². The Labute approximate surface area is 110 Å². The van der Waals surface area contributed by atoms with Crippen LogP contribution in [0.15, 0.2) is 0 Å². The zero-order valence-electron chi connectivity index (χ0n) is 11.5. The van der Waals surface area contributed by atoms with E-state index in [4.69, 9.17) is 5.26 Å². The Morgan fingerprint density at radius 2 is 1.72 bits per heavy atom. The Morgan fingerprint density at radius 3 is 2.22 bits per heavy atom. The minimum Gasteiger partial charge on any atom is -0.340 e. The number of piperazine rings is 1. The standard InChI is InChI=1S/C14H23N3O/c1-14(2,11-15)17-9-7-16(8-10-17)13(18)12-5-3-4-6-12/h12H,3-10H2,1-2H3. The van der Waals surface area contributed by atoms with Gasteiger partial charge in [0.05, 0.1) is 6.07 Å². The topological polar surface area (TPSA) is 47.3 Å². The summed E-state index contributed by atoms with van der Waals surface area (Å²) in [7, 11) is 0. The van der Waals surface area contributed by atoms with Gasteiger partial charge in [0.15, 0.2) is 0 Å². The molecule has 0 atom stereocenters. The molecule has 4 heteroatoms. The van der Waals surface area contributed by atoms with Gasteiger partial charge in [0.25, 0.3) is 0 Å². The van der Waals surface area contributed by atoms with Crippen LogP contribution in [0.4, 0.5) is 0 Å². The van der Waals surface area contributed by atoms with Crippen LogP contribution in [0.25, 0.3) is 0 Å². The van der Waals surface area contributed by atoms with E-state index >= 15 is 0 Å². The second-order valence-electron chi connectivity index (χ2n) is 5.96. The maximum absolute atomic E-state index is 12.3. The van der Waals surface area contributed by atoms with Crippen LogP contribution in [0.5, 0.6) is 0 Å². The molecule has 0 aromatic rings. The lowest BCUT2D eigenvalue weighted by molar-refractivity contribution is -0.137. The lowest BCUT2D eigenvalue weighted by atomic mass is 10.0. The number of hydrogen-bond acceptors (Lipinski definition) is 3. The lowest BCUT2D eigenvalue weighted by Gasteiger charge is -2.41. The molecule has 0 spiro atoms. The van der Waals surface area contributed by atoms with Crippen molar-refractivity contribution in [2.45, 2.75) is 45.1 Å². The summed E-state index contributed by atoms with van der Waals surface area (Å²) in [4.78, 5) is 16.4. The Morgan fingerprint density at radius 1 is 1.17 bits per heavy atom. The number of carbonyl (C=O) groups excluding carboxylic acids is 1. The second-order valence-corrected chi connectivity index (χ2v) is 5.96. The molecule has 1 aliphatic carbocycles. The van der Waals surface area contributed by atoms with Crippen LogP contribution in [-0.4, -0.2) is 47.4 Å². The third-order valence-electron chi connectivity index (χ3n) is 4.36. The van der Waals surface area contributed by atoms with E-state index in [1.54, 1.807) is 0 Å². The molecule has 2 aliphatic rings. The largest absolute Gasteiger partial charge is 0.340 e. The molecule has 2 fully saturated rings. The van der Waals surface area contributed by atoms with E-state index < -0.39 is 5.54 Å². The van der Waals surface area contributed by atoms with E-state index in [-0.39, 0.29) is 5.92 Å². The van der Waals surface area contributed by atoms with Gasteiger partial charge >= 0.3 is 0 Å². The quantitative estimate of drug-likeness (QED) is 0.747. The second kappa shape index (κ2) is 5.27. The molecule has 0 bridgehead atoms. The molecule has 0 radical (unpaired) electrons. The van der Waals surface area contributed by atoms with Crippen molar-refractivity contribution < 1.29 is 4.79 Å². The highest BCUT2D eigenvalue weighted by molar-refractivity contribution is 5.79. The molecule has 4 nitrogen and oxygen atoms in total. The van der Waals surface area contributed by atoms with Gasteiger partial charge in [0.1, 0.15) is 5.54 Å². The first-order chi connectivity index (χ1) is 8.54. The third kappa shape index (κ3) is 2.67. The van der Waals surface area contributed by atoms with E-state index in [1.165, 1.54) is 12.8 Å². The summed E-state index contributed by atoms with van der Waals surface area (Å²) in [6.45, 7) is 7.09. The Bertz CT molecular complexity index is 345. The van der Waals surface area contributed by atoms with Crippen LogP contribution in [-0.2, 0) is 4.79 Å². The maximum Gasteiger partial charge on any atom is 0.225 e. The zero-order valence-corrected chi connectivity index (χ0v) is 11.5. The predicted octanol–water partition coefficient (Wildman–Crippen LogP) is 1.62. The number of rotatable bonds is 2. The zero-order chi connectivity index (χ0) is 13.2. The summed E-state index contributed by atoms with van der Waals surface area (Å²) in [6.07, 6.45) is 4.56. The van der Waals surface area contributed by atoms with E-state index in [2.05, 4.69) is 11.0 Å². The molecule has 0 aromatic heterocycles. The highest BCUT2D eigenvalue weighted by atomic mass is 16.2. The molecule has 1 amide bonds. The molecular formula is C14H23N3O. The summed E-state index contributed by atoms with van der Waals surface area (Å²) >= 11 is 0. The Balaban J connectivity index is 1.87. The van der Waals surface area contributed by atoms with Crippen molar-refractivity contribution >= 4 is 5.91 Å². The van der Waals surface area contributed by atoms with Gasteiger partial charge in [-0.2, -0.15) is 5.26 Å². The number of amides is 1. The number of nitrogens with zero attached hydrogens (tertiary/aromatic N) is 3. The fourth-order valence-corrected chi connectivity index (χ4v) is 2.99.